The van der Waals surface area contributed by atoms with Crippen LogP contribution in [0, 0.1) is 5.92 Å². The number of hydrogen-bond acceptors (Lipinski definition) is 4. The SMILES string of the molecule is CC(CS(=O)(=O)N1CCNCC1)C(=O)NC(C)c1ccccc1. The monoisotopic (exact) mass is 339 g/mol. The number of carbonyl (C=O) groups excluding carboxylic acids is 1. The lowest BCUT2D eigenvalue weighted by molar-refractivity contribution is -0.124. The zero-order chi connectivity index (χ0) is 16.9. The summed E-state index contributed by atoms with van der Waals surface area (Å²) in [6, 6.07) is 9.47. The molecule has 23 heavy (non-hydrogen) atoms. The molecule has 1 aromatic carbocycles. The van der Waals surface area contributed by atoms with Gasteiger partial charge >= 0.3 is 0 Å². The molecular formula is C16H25N3O3S. The third-order valence-electron chi connectivity index (χ3n) is 4.04. The normalized spacial score (nSPS) is 19.0. The minimum absolute atomic E-state index is 0.145. The van der Waals surface area contributed by atoms with Crippen molar-refractivity contribution in [1.29, 1.82) is 0 Å². The molecule has 1 amide bonds. The van der Waals surface area contributed by atoms with Gasteiger partial charge in [0.25, 0.3) is 0 Å². The van der Waals surface area contributed by atoms with Crippen molar-refractivity contribution in [1.82, 2.24) is 14.9 Å². The van der Waals surface area contributed by atoms with Crippen molar-refractivity contribution in [2.45, 2.75) is 19.9 Å². The Morgan fingerprint density at radius 2 is 1.83 bits per heavy atom. The summed E-state index contributed by atoms with van der Waals surface area (Å²) in [7, 11) is -3.40. The second-order valence-corrected chi connectivity index (χ2v) is 7.98. The first kappa shape index (κ1) is 17.9. The third kappa shape index (κ3) is 5.02. The maximum atomic E-state index is 12.4. The molecule has 2 atom stereocenters. The van der Waals surface area contributed by atoms with E-state index < -0.39 is 15.9 Å². The molecule has 2 N–H and O–H groups in total. The van der Waals surface area contributed by atoms with Crippen LogP contribution in [0.5, 0.6) is 0 Å². The minimum Gasteiger partial charge on any atom is -0.349 e. The Morgan fingerprint density at radius 3 is 2.43 bits per heavy atom. The molecule has 1 aliphatic rings. The third-order valence-corrected chi connectivity index (χ3v) is 6.11. The van der Waals surface area contributed by atoms with Gasteiger partial charge in [-0.3, -0.25) is 4.79 Å². The van der Waals surface area contributed by atoms with Gasteiger partial charge in [0, 0.05) is 26.2 Å². The molecule has 0 saturated carbocycles. The van der Waals surface area contributed by atoms with Crippen molar-refractivity contribution in [2.24, 2.45) is 5.92 Å². The lowest BCUT2D eigenvalue weighted by Gasteiger charge is -2.27. The van der Waals surface area contributed by atoms with Crippen molar-refractivity contribution in [3.8, 4) is 0 Å². The van der Waals surface area contributed by atoms with Gasteiger partial charge in [0.1, 0.15) is 0 Å². The summed E-state index contributed by atoms with van der Waals surface area (Å²) in [6.07, 6.45) is 0. The van der Waals surface area contributed by atoms with Crippen LogP contribution in [0.1, 0.15) is 25.5 Å². The van der Waals surface area contributed by atoms with E-state index in [1.54, 1.807) is 6.92 Å². The number of benzene rings is 1. The Balaban J connectivity index is 1.91. The summed E-state index contributed by atoms with van der Waals surface area (Å²) in [4.78, 5) is 12.3. The summed E-state index contributed by atoms with van der Waals surface area (Å²) < 4.78 is 26.2. The number of nitrogens with one attached hydrogen (secondary N) is 2. The number of hydrogen-bond donors (Lipinski definition) is 2. The van der Waals surface area contributed by atoms with Gasteiger partial charge in [-0.25, -0.2) is 8.42 Å². The largest absolute Gasteiger partial charge is 0.349 e. The smallest absolute Gasteiger partial charge is 0.224 e. The van der Waals surface area contributed by atoms with E-state index in [1.807, 2.05) is 37.3 Å². The number of carbonyl (C=O) groups is 1. The number of rotatable bonds is 6. The molecule has 0 aliphatic carbocycles. The van der Waals surface area contributed by atoms with Crippen LogP contribution in [-0.4, -0.2) is 50.6 Å². The van der Waals surface area contributed by atoms with E-state index in [2.05, 4.69) is 10.6 Å². The lowest BCUT2D eigenvalue weighted by atomic mass is 10.1. The Hall–Kier alpha value is -1.44. The van der Waals surface area contributed by atoms with Crippen LogP contribution in [0.3, 0.4) is 0 Å². The average molecular weight is 339 g/mol. The van der Waals surface area contributed by atoms with Gasteiger partial charge in [-0.1, -0.05) is 37.3 Å². The van der Waals surface area contributed by atoms with Crippen LogP contribution >= 0.6 is 0 Å². The minimum atomic E-state index is -3.40. The Kier molecular flexibility index (Phi) is 6.15. The molecule has 1 fully saturated rings. The van der Waals surface area contributed by atoms with Gasteiger partial charge in [-0.2, -0.15) is 4.31 Å². The zero-order valence-corrected chi connectivity index (χ0v) is 14.5. The maximum absolute atomic E-state index is 12.4. The van der Waals surface area contributed by atoms with E-state index in [1.165, 1.54) is 4.31 Å². The highest BCUT2D eigenvalue weighted by atomic mass is 32.2. The van der Waals surface area contributed by atoms with E-state index in [-0.39, 0.29) is 17.7 Å². The predicted molar refractivity (Wildman–Crippen MR) is 90.4 cm³/mol. The molecule has 1 saturated heterocycles. The first-order valence-electron chi connectivity index (χ1n) is 7.94. The van der Waals surface area contributed by atoms with Gasteiger partial charge in [-0.05, 0) is 12.5 Å². The van der Waals surface area contributed by atoms with Crippen LogP contribution in [0.4, 0.5) is 0 Å². The highest BCUT2D eigenvalue weighted by molar-refractivity contribution is 7.89. The van der Waals surface area contributed by atoms with Crippen molar-refractivity contribution in [2.75, 3.05) is 31.9 Å². The second-order valence-electron chi connectivity index (χ2n) is 5.97. The van der Waals surface area contributed by atoms with Gasteiger partial charge in [-0.15, -0.1) is 0 Å². The number of sulfonamides is 1. The van der Waals surface area contributed by atoms with E-state index in [4.69, 9.17) is 0 Å². The second kappa shape index (κ2) is 7.90. The molecular weight excluding hydrogens is 314 g/mol. The molecule has 0 spiro atoms. The molecule has 0 bridgehead atoms. The highest BCUT2D eigenvalue weighted by Gasteiger charge is 2.28. The Morgan fingerprint density at radius 1 is 1.22 bits per heavy atom. The molecule has 1 aliphatic heterocycles. The van der Waals surface area contributed by atoms with Crippen LogP contribution in [0.2, 0.25) is 0 Å². The average Bonchev–Trinajstić information content (AvgIpc) is 2.56. The zero-order valence-electron chi connectivity index (χ0n) is 13.7. The van der Waals surface area contributed by atoms with Crippen molar-refractivity contribution >= 4 is 15.9 Å². The first-order valence-corrected chi connectivity index (χ1v) is 9.55. The summed E-state index contributed by atoms with van der Waals surface area (Å²) in [5, 5.41) is 6.01. The van der Waals surface area contributed by atoms with E-state index >= 15 is 0 Å². The molecule has 1 aromatic rings. The van der Waals surface area contributed by atoms with Gasteiger partial charge < -0.3 is 10.6 Å². The maximum Gasteiger partial charge on any atom is 0.224 e. The standard InChI is InChI=1S/C16H25N3O3S/c1-13(12-23(21,22)19-10-8-17-9-11-19)16(20)18-14(2)15-6-4-3-5-7-15/h3-7,13-14,17H,8-12H2,1-2H3,(H,18,20). The number of piperazine rings is 1. The predicted octanol–water partition coefficient (Wildman–Crippen LogP) is 0.735. The van der Waals surface area contributed by atoms with Crippen LogP contribution in [0.25, 0.3) is 0 Å². The fraction of sp³-hybridized carbons (Fsp3) is 0.562. The molecule has 0 aromatic heterocycles. The van der Waals surface area contributed by atoms with Gasteiger partial charge in [0.05, 0.1) is 17.7 Å². The van der Waals surface area contributed by atoms with E-state index in [9.17, 15) is 13.2 Å². The molecule has 2 rings (SSSR count). The summed E-state index contributed by atoms with van der Waals surface area (Å²) in [5.41, 5.74) is 0.998. The molecule has 128 valence electrons. The van der Waals surface area contributed by atoms with Gasteiger partial charge in [0.15, 0.2) is 0 Å². The molecule has 1 heterocycles. The van der Waals surface area contributed by atoms with Crippen molar-refractivity contribution in [3.63, 3.8) is 0 Å². The van der Waals surface area contributed by atoms with E-state index in [0.717, 1.165) is 5.56 Å². The summed E-state index contributed by atoms with van der Waals surface area (Å²) in [5.74, 6) is -0.971. The summed E-state index contributed by atoms with van der Waals surface area (Å²) in [6.45, 7) is 5.81. The topological polar surface area (TPSA) is 78.5 Å². The first-order chi connectivity index (χ1) is 10.9. The van der Waals surface area contributed by atoms with Gasteiger partial charge in [0.2, 0.25) is 15.9 Å². The molecule has 7 heteroatoms. The highest BCUT2D eigenvalue weighted by Crippen LogP contribution is 2.14. The fourth-order valence-electron chi connectivity index (χ4n) is 2.60. The van der Waals surface area contributed by atoms with Crippen LogP contribution < -0.4 is 10.6 Å². The van der Waals surface area contributed by atoms with E-state index in [0.29, 0.717) is 26.2 Å². The Bertz CT molecular complexity index is 613. The van der Waals surface area contributed by atoms with Crippen molar-refractivity contribution < 1.29 is 13.2 Å². The molecule has 6 nitrogen and oxygen atoms in total. The van der Waals surface area contributed by atoms with Crippen LogP contribution in [-0.2, 0) is 14.8 Å². The number of amides is 1. The number of nitrogens with zero attached hydrogens (tertiary/aromatic N) is 1. The molecule has 2 unspecified atom stereocenters. The quantitative estimate of drug-likeness (QED) is 0.801. The van der Waals surface area contributed by atoms with Crippen molar-refractivity contribution in [3.05, 3.63) is 35.9 Å². The van der Waals surface area contributed by atoms with Crippen LogP contribution in [0.15, 0.2) is 30.3 Å². The summed E-state index contributed by atoms with van der Waals surface area (Å²) >= 11 is 0. The Labute approximate surface area is 138 Å². The molecule has 0 radical (unpaired) electrons. The lowest BCUT2D eigenvalue weighted by Crippen LogP contribution is -2.48. The fourth-order valence-corrected chi connectivity index (χ4v) is 4.33.